The molecule has 0 saturated carbocycles. The Morgan fingerprint density at radius 3 is 2.57 bits per heavy atom. The molecule has 6 heteroatoms. The molecule has 0 unspecified atom stereocenters. The molecule has 1 aromatic heterocycles. The number of nitrogens with zero attached hydrogens (tertiary/aromatic N) is 2. The molecular weight excluding hydrogens is 378 g/mol. The number of hydrogen-bond acceptors (Lipinski definition) is 4. The third-order valence-corrected chi connectivity index (χ3v) is 4.58. The second-order valence-electron chi connectivity index (χ2n) is 7.24. The molecule has 0 aliphatic rings. The van der Waals surface area contributed by atoms with E-state index in [1.807, 2.05) is 69.3 Å². The fourth-order valence-electron chi connectivity index (χ4n) is 2.87. The van der Waals surface area contributed by atoms with E-state index in [2.05, 4.69) is 10.5 Å². The average Bonchev–Trinajstić information content (AvgIpc) is 2.74. The maximum Gasteiger partial charge on any atom is 0.276 e. The van der Waals surface area contributed by atoms with Gasteiger partial charge in [-0.05, 0) is 50.6 Å². The number of hydrazone groups is 1. The lowest BCUT2D eigenvalue weighted by Gasteiger charge is -2.10. The van der Waals surface area contributed by atoms with Crippen molar-refractivity contribution in [2.24, 2.45) is 5.10 Å². The van der Waals surface area contributed by atoms with Crippen molar-refractivity contribution >= 4 is 12.1 Å². The van der Waals surface area contributed by atoms with Crippen LogP contribution in [0.3, 0.4) is 0 Å². The zero-order chi connectivity index (χ0) is 21.5. The van der Waals surface area contributed by atoms with Crippen LogP contribution >= 0.6 is 0 Å². The molecule has 1 N–H and O–H groups in total. The first-order chi connectivity index (χ1) is 14.5. The Balaban J connectivity index is 1.68. The number of carbonyl (C=O) groups excluding carboxylic acids is 1. The number of benzene rings is 2. The summed E-state index contributed by atoms with van der Waals surface area (Å²) in [4.78, 5) is 24.8. The maximum atomic E-state index is 12.4. The highest BCUT2D eigenvalue weighted by atomic mass is 16.5. The molecule has 0 fully saturated rings. The van der Waals surface area contributed by atoms with E-state index in [-0.39, 0.29) is 17.2 Å². The van der Waals surface area contributed by atoms with Gasteiger partial charge in [-0.15, -0.1) is 0 Å². The molecule has 0 atom stereocenters. The normalized spacial score (nSPS) is 11.1. The predicted molar refractivity (Wildman–Crippen MR) is 118 cm³/mol. The van der Waals surface area contributed by atoms with Gasteiger partial charge < -0.3 is 9.30 Å². The number of aryl methyl sites for hydroxylation is 1. The lowest BCUT2D eigenvalue weighted by Crippen LogP contribution is -2.31. The summed E-state index contributed by atoms with van der Waals surface area (Å²) in [7, 11) is 0. The average molecular weight is 403 g/mol. The zero-order valence-corrected chi connectivity index (χ0v) is 17.3. The van der Waals surface area contributed by atoms with Crippen LogP contribution in [0.5, 0.6) is 5.75 Å². The van der Waals surface area contributed by atoms with E-state index >= 15 is 0 Å². The first kappa shape index (κ1) is 21.0. The monoisotopic (exact) mass is 403 g/mol. The van der Waals surface area contributed by atoms with Gasteiger partial charge in [0, 0.05) is 17.8 Å². The van der Waals surface area contributed by atoms with E-state index in [0.717, 1.165) is 11.1 Å². The first-order valence-corrected chi connectivity index (χ1v) is 9.77. The number of rotatable bonds is 7. The van der Waals surface area contributed by atoms with Crippen molar-refractivity contribution < 1.29 is 9.53 Å². The standard InChI is InChI=1S/C24H25N3O3/c1-17(2)27-14-6-8-21(24(27)29)23(28)26-25-15-20-7-4-5-9-22(20)30-16-19-12-10-18(3)11-13-19/h4-15,17H,16H2,1-3H3,(H,26,28)/b25-15-. The van der Waals surface area contributed by atoms with Crippen LogP contribution in [0.1, 0.15) is 46.9 Å². The fourth-order valence-corrected chi connectivity index (χ4v) is 2.87. The Labute approximate surface area is 175 Å². The van der Waals surface area contributed by atoms with Crippen LogP contribution in [-0.2, 0) is 6.61 Å². The summed E-state index contributed by atoms with van der Waals surface area (Å²) in [6.45, 7) is 6.23. The van der Waals surface area contributed by atoms with E-state index in [0.29, 0.717) is 12.4 Å². The second-order valence-corrected chi connectivity index (χ2v) is 7.24. The molecule has 0 bridgehead atoms. The maximum absolute atomic E-state index is 12.4. The van der Waals surface area contributed by atoms with Gasteiger partial charge in [0.25, 0.3) is 11.5 Å². The molecule has 1 heterocycles. The molecule has 0 radical (unpaired) electrons. The summed E-state index contributed by atoms with van der Waals surface area (Å²) >= 11 is 0. The number of ether oxygens (including phenoxy) is 1. The minimum atomic E-state index is -0.552. The van der Waals surface area contributed by atoms with E-state index in [1.165, 1.54) is 22.4 Å². The minimum absolute atomic E-state index is 0.0358. The summed E-state index contributed by atoms with van der Waals surface area (Å²) < 4.78 is 7.42. The van der Waals surface area contributed by atoms with Crippen LogP contribution in [0, 0.1) is 6.92 Å². The second kappa shape index (κ2) is 9.69. The van der Waals surface area contributed by atoms with E-state index in [9.17, 15) is 9.59 Å². The van der Waals surface area contributed by atoms with Gasteiger partial charge in [0.2, 0.25) is 0 Å². The predicted octanol–water partition coefficient (Wildman–Crippen LogP) is 4.08. The number of aromatic nitrogens is 1. The highest BCUT2D eigenvalue weighted by molar-refractivity contribution is 5.94. The largest absolute Gasteiger partial charge is 0.488 e. The molecule has 3 rings (SSSR count). The molecule has 0 saturated heterocycles. The summed E-state index contributed by atoms with van der Waals surface area (Å²) in [6.07, 6.45) is 3.17. The molecule has 2 aromatic carbocycles. The summed E-state index contributed by atoms with van der Waals surface area (Å²) in [5.41, 5.74) is 5.10. The summed E-state index contributed by atoms with van der Waals surface area (Å²) in [5, 5.41) is 4.01. The molecule has 1 amide bonds. The molecule has 3 aromatic rings. The van der Waals surface area contributed by atoms with Crippen molar-refractivity contribution in [1.82, 2.24) is 9.99 Å². The van der Waals surface area contributed by atoms with Crippen LogP contribution in [0.4, 0.5) is 0 Å². The van der Waals surface area contributed by atoms with Gasteiger partial charge in [-0.2, -0.15) is 5.10 Å². The van der Waals surface area contributed by atoms with E-state index in [1.54, 1.807) is 12.3 Å². The number of amides is 1. The lowest BCUT2D eigenvalue weighted by atomic mass is 10.1. The Bertz CT molecular complexity index is 1100. The van der Waals surface area contributed by atoms with Crippen LogP contribution in [-0.4, -0.2) is 16.7 Å². The van der Waals surface area contributed by atoms with Crippen molar-refractivity contribution in [2.75, 3.05) is 0 Å². The Hall–Kier alpha value is -3.67. The van der Waals surface area contributed by atoms with Gasteiger partial charge in [0.15, 0.2) is 0 Å². The van der Waals surface area contributed by atoms with Crippen molar-refractivity contribution in [1.29, 1.82) is 0 Å². The number of nitrogens with one attached hydrogen (secondary N) is 1. The van der Waals surface area contributed by atoms with Gasteiger partial charge in [0.1, 0.15) is 17.9 Å². The highest BCUT2D eigenvalue weighted by Gasteiger charge is 2.12. The van der Waals surface area contributed by atoms with Crippen LogP contribution in [0.2, 0.25) is 0 Å². The lowest BCUT2D eigenvalue weighted by molar-refractivity contribution is 0.0953. The van der Waals surface area contributed by atoms with Gasteiger partial charge in [-0.1, -0.05) is 42.0 Å². The third-order valence-electron chi connectivity index (χ3n) is 4.58. The molecule has 30 heavy (non-hydrogen) atoms. The zero-order valence-electron chi connectivity index (χ0n) is 17.3. The van der Waals surface area contributed by atoms with E-state index < -0.39 is 5.91 Å². The van der Waals surface area contributed by atoms with Gasteiger partial charge in [0.05, 0.1) is 6.21 Å². The topological polar surface area (TPSA) is 72.7 Å². The SMILES string of the molecule is Cc1ccc(COc2ccccc2/C=N\NC(=O)c2cccn(C(C)C)c2=O)cc1. The number of carbonyl (C=O) groups is 1. The van der Waals surface area contributed by atoms with Crippen molar-refractivity contribution in [3.8, 4) is 5.75 Å². The summed E-state index contributed by atoms with van der Waals surface area (Å²) in [6, 6.07) is 18.7. The molecule has 6 nitrogen and oxygen atoms in total. The Kier molecular flexibility index (Phi) is 6.80. The van der Waals surface area contributed by atoms with Crippen LogP contribution < -0.4 is 15.7 Å². The van der Waals surface area contributed by atoms with E-state index in [4.69, 9.17) is 4.74 Å². The molecule has 0 aliphatic heterocycles. The van der Waals surface area contributed by atoms with Crippen LogP contribution in [0.25, 0.3) is 0 Å². The summed E-state index contributed by atoms with van der Waals surface area (Å²) in [5.74, 6) is 0.0993. The first-order valence-electron chi connectivity index (χ1n) is 9.77. The van der Waals surface area contributed by atoms with Crippen molar-refractivity contribution in [2.45, 2.75) is 33.4 Å². The Morgan fingerprint density at radius 2 is 1.83 bits per heavy atom. The van der Waals surface area contributed by atoms with Gasteiger partial charge >= 0.3 is 0 Å². The Morgan fingerprint density at radius 1 is 1.10 bits per heavy atom. The molecule has 0 spiro atoms. The molecule has 154 valence electrons. The van der Waals surface area contributed by atoms with Crippen molar-refractivity contribution in [3.05, 3.63) is 99.5 Å². The quantitative estimate of drug-likeness (QED) is 0.477. The third kappa shape index (κ3) is 5.23. The van der Waals surface area contributed by atoms with Crippen LogP contribution in [0.15, 0.2) is 76.8 Å². The molecule has 0 aliphatic carbocycles. The molecular formula is C24H25N3O3. The number of para-hydroxylation sites is 1. The number of pyridine rings is 1. The smallest absolute Gasteiger partial charge is 0.276 e. The minimum Gasteiger partial charge on any atom is -0.488 e. The van der Waals surface area contributed by atoms with Crippen molar-refractivity contribution in [3.63, 3.8) is 0 Å². The number of hydrogen-bond donors (Lipinski definition) is 1. The van der Waals surface area contributed by atoms with Gasteiger partial charge in [-0.3, -0.25) is 9.59 Å². The van der Waals surface area contributed by atoms with Gasteiger partial charge in [-0.25, -0.2) is 5.43 Å². The highest BCUT2D eigenvalue weighted by Crippen LogP contribution is 2.18. The fraction of sp³-hybridized carbons (Fsp3) is 0.208.